The second-order valence-corrected chi connectivity index (χ2v) is 4.73. The topological polar surface area (TPSA) is 64.2 Å². The molecule has 9 heteroatoms. The molecule has 22 heavy (non-hydrogen) atoms. The Labute approximate surface area is 121 Å². The molecule has 1 atom stereocenters. The molecule has 3 rings (SSSR count). The third-order valence-corrected chi connectivity index (χ3v) is 3.32. The van der Waals surface area contributed by atoms with E-state index in [2.05, 4.69) is 9.72 Å². The Morgan fingerprint density at radius 3 is 2.68 bits per heavy atom. The maximum absolute atomic E-state index is 13.2. The Morgan fingerprint density at radius 1 is 1.36 bits per heavy atom. The summed E-state index contributed by atoms with van der Waals surface area (Å²) in [4.78, 5) is 27.3. The van der Waals surface area contributed by atoms with E-state index in [4.69, 9.17) is 0 Å². The number of hydrogen-bond acceptors (Lipinski definition) is 5. The van der Waals surface area contributed by atoms with Crippen LogP contribution in [0.5, 0.6) is 0 Å². The van der Waals surface area contributed by atoms with Crippen LogP contribution in [0.2, 0.25) is 0 Å². The SMILES string of the molecule is COC(=O)C1CN1n1c(C(F)(F)F)nc2ccccc2c1=O. The van der Waals surface area contributed by atoms with Gasteiger partial charge in [-0.15, -0.1) is 0 Å². The number of benzene rings is 1. The lowest BCUT2D eigenvalue weighted by molar-refractivity contribution is -0.148. The fraction of sp³-hybridized carbons (Fsp3) is 0.308. The predicted molar refractivity (Wildman–Crippen MR) is 69.9 cm³/mol. The highest BCUT2D eigenvalue weighted by Crippen LogP contribution is 2.30. The summed E-state index contributed by atoms with van der Waals surface area (Å²) in [5.41, 5.74) is -0.920. The molecule has 0 aliphatic carbocycles. The van der Waals surface area contributed by atoms with Crippen LogP contribution in [0, 0.1) is 0 Å². The summed E-state index contributed by atoms with van der Waals surface area (Å²) in [6, 6.07) is 4.83. The van der Waals surface area contributed by atoms with Gasteiger partial charge in [0.2, 0.25) is 5.82 Å². The van der Waals surface area contributed by atoms with Gasteiger partial charge in [0.25, 0.3) is 5.56 Å². The van der Waals surface area contributed by atoms with Gasteiger partial charge in [-0.1, -0.05) is 12.1 Å². The highest BCUT2D eigenvalue weighted by molar-refractivity contribution is 5.83. The summed E-state index contributed by atoms with van der Waals surface area (Å²) in [5, 5.41) is 1.03. The number of carbonyl (C=O) groups excluding carboxylic acids is 1. The summed E-state index contributed by atoms with van der Waals surface area (Å²) in [6.45, 7) is -0.0321. The van der Waals surface area contributed by atoms with Crippen molar-refractivity contribution >= 4 is 16.9 Å². The number of aromatic nitrogens is 2. The van der Waals surface area contributed by atoms with E-state index in [0.717, 1.165) is 12.1 Å². The second kappa shape index (κ2) is 4.72. The Morgan fingerprint density at radius 2 is 2.05 bits per heavy atom. The predicted octanol–water partition coefficient (Wildman–Crippen LogP) is 0.908. The molecule has 0 bridgehead atoms. The number of para-hydroxylation sites is 1. The van der Waals surface area contributed by atoms with Gasteiger partial charge in [0.05, 0.1) is 24.6 Å². The first-order chi connectivity index (χ1) is 10.3. The number of halogens is 3. The van der Waals surface area contributed by atoms with E-state index in [9.17, 15) is 22.8 Å². The maximum atomic E-state index is 13.2. The van der Waals surface area contributed by atoms with Crippen LogP contribution in [-0.4, -0.2) is 35.3 Å². The van der Waals surface area contributed by atoms with Crippen LogP contribution in [0.25, 0.3) is 10.9 Å². The first-order valence-electron chi connectivity index (χ1n) is 6.28. The van der Waals surface area contributed by atoms with Crippen LogP contribution < -0.4 is 10.6 Å². The lowest BCUT2D eigenvalue weighted by atomic mass is 10.2. The van der Waals surface area contributed by atoms with Gasteiger partial charge in [-0.3, -0.25) is 9.80 Å². The van der Waals surface area contributed by atoms with E-state index in [1.165, 1.54) is 24.3 Å². The van der Waals surface area contributed by atoms with Gasteiger partial charge in [0, 0.05) is 0 Å². The Hall–Kier alpha value is -2.58. The molecule has 1 aromatic carbocycles. The molecule has 1 aromatic heterocycles. The van der Waals surface area contributed by atoms with E-state index in [-0.39, 0.29) is 17.4 Å². The number of methoxy groups -OCH3 is 1. The minimum atomic E-state index is -4.83. The number of esters is 1. The minimum Gasteiger partial charge on any atom is -0.467 e. The molecule has 2 heterocycles. The van der Waals surface area contributed by atoms with Crippen molar-refractivity contribution in [1.29, 1.82) is 0 Å². The third kappa shape index (κ3) is 2.18. The summed E-state index contributed by atoms with van der Waals surface area (Å²) in [5.74, 6) is -2.06. The lowest BCUT2D eigenvalue weighted by Crippen LogP contribution is -2.38. The number of alkyl halides is 3. The van der Waals surface area contributed by atoms with Crippen LogP contribution in [0.1, 0.15) is 5.82 Å². The molecule has 116 valence electrons. The number of nitrogens with zero attached hydrogens (tertiary/aromatic N) is 3. The number of rotatable bonds is 2. The van der Waals surface area contributed by atoms with Crippen molar-refractivity contribution in [3.8, 4) is 0 Å². The fourth-order valence-corrected chi connectivity index (χ4v) is 2.23. The molecule has 0 radical (unpaired) electrons. The average molecular weight is 313 g/mol. The van der Waals surface area contributed by atoms with Gasteiger partial charge in [-0.2, -0.15) is 17.8 Å². The molecule has 1 aliphatic heterocycles. The number of hydrogen-bond donors (Lipinski definition) is 0. The minimum absolute atomic E-state index is 0.0321. The number of carbonyl (C=O) groups is 1. The quantitative estimate of drug-likeness (QED) is 0.609. The number of fused-ring (bicyclic) bond motifs is 1. The van der Waals surface area contributed by atoms with Crippen LogP contribution in [-0.2, 0) is 15.7 Å². The van der Waals surface area contributed by atoms with E-state index >= 15 is 0 Å². The molecule has 1 unspecified atom stereocenters. The molecule has 2 aromatic rings. The van der Waals surface area contributed by atoms with E-state index in [0.29, 0.717) is 4.68 Å². The molecular formula is C13H10F3N3O3. The third-order valence-electron chi connectivity index (χ3n) is 3.32. The number of ether oxygens (including phenoxy) is 1. The van der Waals surface area contributed by atoms with Crippen molar-refractivity contribution in [2.75, 3.05) is 18.7 Å². The van der Waals surface area contributed by atoms with E-state index in [1.807, 2.05) is 0 Å². The van der Waals surface area contributed by atoms with Gasteiger partial charge >= 0.3 is 12.1 Å². The summed E-state index contributed by atoms with van der Waals surface area (Å²) >= 11 is 0. The second-order valence-electron chi connectivity index (χ2n) is 4.73. The highest BCUT2D eigenvalue weighted by Gasteiger charge is 2.48. The van der Waals surface area contributed by atoms with E-state index in [1.54, 1.807) is 0 Å². The van der Waals surface area contributed by atoms with Crippen LogP contribution in [0.3, 0.4) is 0 Å². The Balaban J connectivity index is 2.22. The monoisotopic (exact) mass is 313 g/mol. The van der Waals surface area contributed by atoms with Crippen molar-refractivity contribution in [3.05, 3.63) is 40.4 Å². The van der Waals surface area contributed by atoms with Gasteiger partial charge in [0.15, 0.2) is 6.04 Å². The molecule has 1 aliphatic rings. The molecule has 0 N–H and O–H groups in total. The average Bonchev–Trinajstić information content (AvgIpc) is 3.25. The van der Waals surface area contributed by atoms with Crippen molar-refractivity contribution < 1.29 is 22.7 Å². The van der Waals surface area contributed by atoms with Gasteiger partial charge in [-0.05, 0) is 12.1 Å². The van der Waals surface area contributed by atoms with Gasteiger partial charge in [0.1, 0.15) is 0 Å². The van der Waals surface area contributed by atoms with Crippen LogP contribution in [0.4, 0.5) is 13.2 Å². The molecule has 6 nitrogen and oxygen atoms in total. The molecule has 0 spiro atoms. The normalized spacial score (nSPS) is 17.6. The molecule has 1 fully saturated rings. The van der Waals surface area contributed by atoms with Gasteiger partial charge in [-0.25, -0.2) is 9.78 Å². The molecular weight excluding hydrogens is 303 g/mol. The standard InChI is InChI=1S/C13H10F3N3O3/c1-22-11(21)9-6-18(9)19-10(20)7-4-2-3-5-8(7)17-12(19)13(14,15)16/h2-5,9H,6H2,1H3. The summed E-state index contributed by atoms with van der Waals surface area (Å²) < 4.78 is 44.5. The zero-order chi connectivity index (χ0) is 16.1. The smallest absolute Gasteiger partial charge is 0.451 e. The Kier molecular flexibility index (Phi) is 3.08. The molecule has 1 saturated heterocycles. The molecule has 0 saturated carbocycles. The van der Waals surface area contributed by atoms with Crippen LogP contribution >= 0.6 is 0 Å². The summed E-state index contributed by atoms with van der Waals surface area (Å²) in [6.07, 6.45) is -4.83. The van der Waals surface area contributed by atoms with Crippen molar-refractivity contribution in [1.82, 2.24) is 9.66 Å². The molecule has 0 amide bonds. The zero-order valence-electron chi connectivity index (χ0n) is 11.3. The van der Waals surface area contributed by atoms with Gasteiger partial charge < -0.3 is 4.74 Å². The fourth-order valence-electron chi connectivity index (χ4n) is 2.23. The maximum Gasteiger partial charge on any atom is 0.451 e. The first kappa shape index (κ1) is 14.4. The van der Waals surface area contributed by atoms with E-state index < -0.39 is 29.6 Å². The highest BCUT2D eigenvalue weighted by atomic mass is 19.4. The first-order valence-corrected chi connectivity index (χ1v) is 6.28. The lowest BCUT2D eigenvalue weighted by Gasteiger charge is -2.16. The largest absolute Gasteiger partial charge is 0.467 e. The zero-order valence-corrected chi connectivity index (χ0v) is 11.3. The van der Waals surface area contributed by atoms with Crippen molar-refractivity contribution in [2.45, 2.75) is 12.2 Å². The van der Waals surface area contributed by atoms with Crippen molar-refractivity contribution in [3.63, 3.8) is 0 Å². The summed E-state index contributed by atoms with van der Waals surface area (Å²) in [7, 11) is 1.13. The van der Waals surface area contributed by atoms with Crippen molar-refractivity contribution in [2.24, 2.45) is 0 Å². The Bertz CT molecular complexity index is 816. The van der Waals surface area contributed by atoms with Crippen LogP contribution in [0.15, 0.2) is 29.1 Å².